The highest BCUT2D eigenvalue weighted by atomic mass is 32.2. The van der Waals surface area contributed by atoms with Crippen LogP contribution in [-0.2, 0) is 14.8 Å². The average molecular weight is 252 g/mol. The molecule has 0 bridgehead atoms. The number of nitrogens with zero attached hydrogens (tertiary/aromatic N) is 1. The summed E-state index contributed by atoms with van der Waals surface area (Å²) >= 11 is 0. The third kappa shape index (κ3) is 4.05. The summed E-state index contributed by atoms with van der Waals surface area (Å²) in [6, 6.07) is 0. The highest BCUT2D eigenvalue weighted by molar-refractivity contribution is 7.89. The Kier molecular flexibility index (Phi) is 4.25. The van der Waals surface area contributed by atoms with Crippen molar-refractivity contribution in [2.75, 3.05) is 25.4 Å². The van der Waals surface area contributed by atoms with Gasteiger partial charge in [0, 0.05) is 25.4 Å². The van der Waals surface area contributed by atoms with Crippen LogP contribution >= 0.6 is 0 Å². The lowest BCUT2D eigenvalue weighted by Crippen LogP contribution is -2.35. The summed E-state index contributed by atoms with van der Waals surface area (Å²) in [4.78, 5) is 12.8. The third-order valence-corrected chi connectivity index (χ3v) is 3.34. The van der Waals surface area contributed by atoms with Gasteiger partial charge in [0.1, 0.15) is 0 Å². The van der Waals surface area contributed by atoms with Crippen LogP contribution in [0.1, 0.15) is 6.42 Å². The summed E-state index contributed by atoms with van der Waals surface area (Å²) in [5.41, 5.74) is 0. The second-order valence-corrected chi connectivity index (χ2v) is 5.69. The number of aliphatic hydroxyl groups excluding tert-OH is 2. The smallest absolute Gasteiger partial charge is 0.223 e. The Bertz CT molecular complexity index is 355. The predicted molar refractivity (Wildman–Crippen MR) is 55.8 cm³/mol. The van der Waals surface area contributed by atoms with Crippen molar-refractivity contribution in [2.24, 2.45) is 11.1 Å². The van der Waals surface area contributed by atoms with E-state index in [0.717, 1.165) is 0 Å². The number of nitrogens with two attached hydrogens (primary N) is 1. The molecule has 94 valence electrons. The minimum absolute atomic E-state index is 0.0243. The van der Waals surface area contributed by atoms with Crippen LogP contribution in [0.25, 0.3) is 0 Å². The maximum Gasteiger partial charge on any atom is 0.223 e. The topological polar surface area (TPSA) is 121 Å². The van der Waals surface area contributed by atoms with Crippen LogP contribution in [0.2, 0.25) is 0 Å². The van der Waals surface area contributed by atoms with Crippen molar-refractivity contribution in [3.63, 3.8) is 0 Å². The fraction of sp³-hybridized carbons (Fsp3) is 0.875. The van der Waals surface area contributed by atoms with Crippen LogP contribution in [0.15, 0.2) is 0 Å². The highest BCUT2D eigenvalue weighted by Gasteiger charge is 2.32. The predicted octanol–water partition coefficient (Wildman–Crippen LogP) is -2.52. The third-order valence-electron chi connectivity index (χ3n) is 2.40. The van der Waals surface area contributed by atoms with E-state index in [0.29, 0.717) is 0 Å². The molecule has 1 aliphatic heterocycles. The minimum Gasteiger partial charge on any atom is -0.394 e. The zero-order valence-corrected chi connectivity index (χ0v) is 9.56. The van der Waals surface area contributed by atoms with E-state index in [9.17, 15) is 13.2 Å². The molecule has 1 rings (SSSR count). The first-order valence-electron chi connectivity index (χ1n) is 4.89. The number of rotatable bonds is 5. The van der Waals surface area contributed by atoms with Gasteiger partial charge in [0.15, 0.2) is 0 Å². The van der Waals surface area contributed by atoms with Gasteiger partial charge in [-0.15, -0.1) is 0 Å². The minimum atomic E-state index is -3.58. The van der Waals surface area contributed by atoms with Gasteiger partial charge < -0.3 is 15.1 Å². The molecule has 1 saturated heterocycles. The molecule has 8 heteroatoms. The Morgan fingerprint density at radius 2 is 2.19 bits per heavy atom. The molecule has 1 aliphatic rings. The van der Waals surface area contributed by atoms with Crippen LogP contribution in [0.4, 0.5) is 0 Å². The van der Waals surface area contributed by atoms with E-state index in [4.69, 9.17) is 15.4 Å². The largest absolute Gasteiger partial charge is 0.394 e. The molecule has 1 heterocycles. The molecule has 16 heavy (non-hydrogen) atoms. The Morgan fingerprint density at radius 1 is 1.56 bits per heavy atom. The van der Waals surface area contributed by atoms with Crippen molar-refractivity contribution >= 4 is 15.9 Å². The van der Waals surface area contributed by atoms with Gasteiger partial charge in [0.2, 0.25) is 15.9 Å². The molecular weight excluding hydrogens is 236 g/mol. The molecule has 0 saturated carbocycles. The molecule has 0 spiro atoms. The average Bonchev–Trinajstić information content (AvgIpc) is 2.43. The van der Waals surface area contributed by atoms with Crippen LogP contribution in [-0.4, -0.2) is 61.0 Å². The Morgan fingerprint density at radius 3 is 2.69 bits per heavy atom. The van der Waals surface area contributed by atoms with Crippen LogP contribution in [0.5, 0.6) is 0 Å². The first-order valence-corrected chi connectivity index (χ1v) is 6.60. The SMILES string of the molecule is NS(=O)(=O)CC1CC(=O)N(C[C@@H](O)CO)C1. The molecule has 1 unspecified atom stereocenters. The molecule has 2 atom stereocenters. The van der Waals surface area contributed by atoms with Gasteiger partial charge in [-0.1, -0.05) is 0 Å². The van der Waals surface area contributed by atoms with E-state index >= 15 is 0 Å². The number of aliphatic hydroxyl groups is 2. The van der Waals surface area contributed by atoms with Gasteiger partial charge in [-0.05, 0) is 0 Å². The van der Waals surface area contributed by atoms with E-state index in [1.54, 1.807) is 0 Å². The van der Waals surface area contributed by atoms with Gasteiger partial charge in [0.05, 0.1) is 18.5 Å². The van der Waals surface area contributed by atoms with E-state index in [-0.39, 0.29) is 37.1 Å². The zero-order valence-electron chi connectivity index (χ0n) is 8.74. The second-order valence-electron chi connectivity index (χ2n) is 4.03. The van der Waals surface area contributed by atoms with Gasteiger partial charge in [-0.3, -0.25) is 4.79 Å². The van der Waals surface area contributed by atoms with Crippen LogP contribution in [0, 0.1) is 5.92 Å². The standard InChI is InChI=1S/C8H16N2O5S/c9-16(14,15)5-6-1-8(13)10(2-6)3-7(12)4-11/h6-7,11-12H,1-5H2,(H2,9,14,15)/t6?,7-/m1/s1. The van der Waals surface area contributed by atoms with Crippen molar-refractivity contribution in [3.8, 4) is 0 Å². The lowest BCUT2D eigenvalue weighted by atomic mass is 10.1. The number of hydrogen-bond donors (Lipinski definition) is 3. The Balaban J connectivity index is 2.51. The number of primary sulfonamides is 1. The van der Waals surface area contributed by atoms with Gasteiger partial charge in [-0.2, -0.15) is 0 Å². The number of hydrogen-bond acceptors (Lipinski definition) is 5. The van der Waals surface area contributed by atoms with E-state index < -0.39 is 22.7 Å². The molecule has 1 fully saturated rings. The van der Waals surface area contributed by atoms with Crippen molar-refractivity contribution in [1.29, 1.82) is 0 Å². The fourth-order valence-electron chi connectivity index (χ4n) is 1.78. The zero-order chi connectivity index (χ0) is 12.3. The summed E-state index contributed by atoms with van der Waals surface area (Å²) < 4.78 is 21.7. The molecule has 7 nitrogen and oxygen atoms in total. The van der Waals surface area contributed by atoms with E-state index in [1.165, 1.54) is 4.90 Å². The van der Waals surface area contributed by atoms with Crippen LogP contribution in [0.3, 0.4) is 0 Å². The summed E-state index contributed by atoms with van der Waals surface area (Å²) in [6.07, 6.45) is -0.869. The van der Waals surface area contributed by atoms with Crippen LogP contribution < -0.4 is 5.14 Å². The van der Waals surface area contributed by atoms with Crippen molar-refractivity contribution in [2.45, 2.75) is 12.5 Å². The maximum atomic E-state index is 11.4. The summed E-state index contributed by atoms with van der Waals surface area (Å²) in [6.45, 7) is -0.146. The molecule has 1 amide bonds. The summed E-state index contributed by atoms with van der Waals surface area (Å²) in [5, 5.41) is 22.7. The number of sulfonamides is 1. The van der Waals surface area contributed by atoms with Crippen molar-refractivity contribution in [3.05, 3.63) is 0 Å². The van der Waals surface area contributed by atoms with E-state index in [2.05, 4.69) is 0 Å². The first kappa shape index (κ1) is 13.4. The molecule has 4 N–H and O–H groups in total. The highest BCUT2D eigenvalue weighted by Crippen LogP contribution is 2.18. The lowest BCUT2D eigenvalue weighted by Gasteiger charge is -2.19. The van der Waals surface area contributed by atoms with Crippen molar-refractivity contribution < 1.29 is 23.4 Å². The normalized spacial score (nSPS) is 23.8. The lowest BCUT2D eigenvalue weighted by molar-refractivity contribution is -0.129. The second kappa shape index (κ2) is 5.09. The summed E-state index contributed by atoms with van der Waals surface area (Å²) in [5.74, 6) is -0.778. The molecule has 0 aromatic carbocycles. The number of carbonyl (C=O) groups excluding carboxylic acids is 1. The molecule has 0 aliphatic carbocycles. The molecule has 0 radical (unpaired) electrons. The van der Waals surface area contributed by atoms with Gasteiger partial charge >= 0.3 is 0 Å². The molecular formula is C8H16N2O5S. The van der Waals surface area contributed by atoms with Gasteiger partial charge in [0.25, 0.3) is 0 Å². The van der Waals surface area contributed by atoms with E-state index in [1.807, 2.05) is 0 Å². The monoisotopic (exact) mass is 252 g/mol. The Labute approximate surface area is 93.9 Å². The number of β-amino-alcohol motifs (C(OH)–C–C–N with tert-alkyl or cyclic N) is 1. The van der Waals surface area contributed by atoms with Gasteiger partial charge in [-0.25, -0.2) is 13.6 Å². The summed E-state index contributed by atoms with van der Waals surface area (Å²) in [7, 11) is -3.58. The number of likely N-dealkylation sites (tertiary alicyclic amines) is 1. The first-order chi connectivity index (χ1) is 7.31. The molecule has 0 aromatic rings. The fourth-order valence-corrected chi connectivity index (χ4v) is 2.66. The number of amides is 1. The quantitative estimate of drug-likeness (QED) is 0.498. The maximum absolute atomic E-state index is 11.4. The molecule has 0 aromatic heterocycles. The van der Waals surface area contributed by atoms with Crippen molar-refractivity contribution in [1.82, 2.24) is 4.90 Å². The number of carbonyl (C=O) groups is 1. The Hall–Kier alpha value is -0.700.